The van der Waals surface area contributed by atoms with E-state index in [4.69, 9.17) is 16.3 Å². The van der Waals surface area contributed by atoms with Gasteiger partial charge in [0.2, 0.25) is 5.91 Å². The molecule has 0 radical (unpaired) electrons. The second-order valence-corrected chi connectivity index (χ2v) is 8.51. The largest absolute Gasteiger partial charge is 0.365 e. The third-order valence-corrected chi connectivity index (χ3v) is 6.35. The lowest BCUT2D eigenvalue weighted by Crippen LogP contribution is -2.50. The number of amides is 2. The van der Waals surface area contributed by atoms with Crippen LogP contribution in [0.3, 0.4) is 0 Å². The predicted molar refractivity (Wildman–Crippen MR) is 125 cm³/mol. The van der Waals surface area contributed by atoms with Crippen molar-refractivity contribution in [2.45, 2.75) is 39.8 Å². The molecule has 0 spiro atoms. The monoisotopic (exact) mass is 470 g/mol. The standard InChI is InChI=1S/C23H27ClN6O3/c1-14-6-4-5-7-17(14)18-12-20(27-26-18)25-23(32)19-13-29(10-11-33-19)21(31)8-9-30-16(3)22(24)15(2)28-30/h4-7,12,19H,8-11,13H2,1-3H3,(H2,25,26,27,32). The van der Waals surface area contributed by atoms with Crippen molar-refractivity contribution in [3.8, 4) is 11.3 Å². The van der Waals surface area contributed by atoms with E-state index in [2.05, 4.69) is 20.6 Å². The van der Waals surface area contributed by atoms with E-state index >= 15 is 0 Å². The Bertz CT molecular complexity index is 1170. The number of halogens is 1. The number of H-pyrrole nitrogens is 1. The van der Waals surface area contributed by atoms with E-state index in [0.29, 0.717) is 30.5 Å². The van der Waals surface area contributed by atoms with Gasteiger partial charge in [0, 0.05) is 24.6 Å². The molecule has 1 saturated heterocycles. The van der Waals surface area contributed by atoms with Gasteiger partial charge in [0.15, 0.2) is 11.9 Å². The van der Waals surface area contributed by atoms with Crippen LogP contribution in [0.2, 0.25) is 5.02 Å². The summed E-state index contributed by atoms with van der Waals surface area (Å²) in [6.45, 7) is 7.09. The van der Waals surface area contributed by atoms with Crippen molar-refractivity contribution < 1.29 is 14.3 Å². The Balaban J connectivity index is 1.33. The number of aromatic nitrogens is 4. The maximum atomic E-state index is 12.8. The number of benzene rings is 1. The number of hydrogen-bond donors (Lipinski definition) is 2. The summed E-state index contributed by atoms with van der Waals surface area (Å²) < 4.78 is 7.36. The van der Waals surface area contributed by atoms with Gasteiger partial charge >= 0.3 is 0 Å². The Hall–Kier alpha value is -3.17. The Morgan fingerprint density at radius 3 is 2.79 bits per heavy atom. The quantitative estimate of drug-likeness (QED) is 0.576. The van der Waals surface area contributed by atoms with E-state index in [1.807, 2.05) is 45.0 Å². The molecule has 0 aliphatic carbocycles. The SMILES string of the molecule is Cc1ccccc1-c1cc(NC(=O)C2CN(C(=O)CCn3nc(C)c(Cl)c3C)CCO2)n[nH]1. The molecule has 1 atom stereocenters. The van der Waals surface area contributed by atoms with E-state index in [9.17, 15) is 9.59 Å². The van der Waals surface area contributed by atoms with Gasteiger partial charge in [-0.3, -0.25) is 19.4 Å². The van der Waals surface area contributed by atoms with Gasteiger partial charge < -0.3 is 15.0 Å². The fourth-order valence-electron chi connectivity index (χ4n) is 3.89. The van der Waals surface area contributed by atoms with Gasteiger partial charge in [-0.2, -0.15) is 10.2 Å². The second kappa shape index (κ2) is 9.76. The molecule has 3 aromatic rings. The number of carbonyl (C=O) groups is 2. The molecule has 2 aromatic heterocycles. The van der Waals surface area contributed by atoms with Crippen molar-refractivity contribution >= 4 is 29.2 Å². The van der Waals surface area contributed by atoms with E-state index in [1.165, 1.54) is 0 Å². The van der Waals surface area contributed by atoms with Gasteiger partial charge in [-0.25, -0.2) is 0 Å². The molecular weight excluding hydrogens is 444 g/mol. The fraction of sp³-hybridized carbons (Fsp3) is 0.391. The number of hydrogen-bond acceptors (Lipinski definition) is 5. The number of morpholine rings is 1. The number of anilines is 1. The normalized spacial score (nSPS) is 16.1. The second-order valence-electron chi connectivity index (χ2n) is 8.13. The smallest absolute Gasteiger partial charge is 0.256 e. The molecule has 1 fully saturated rings. The third kappa shape index (κ3) is 5.09. The van der Waals surface area contributed by atoms with Gasteiger partial charge in [-0.05, 0) is 26.3 Å². The molecule has 1 aromatic carbocycles. The highest BCUT2D eigenvalue weighted by Crippen LogP contribution is 2.23. The van der Waals surface area contributed by atoms with Crippen molar-refractivity contribution in [1.29, 1.82) is 0 Å². The van der Waals surface area contributed by atoms with Gasteiger partial charge in [-0.1, -0.05) is 35.9 Å². The molecule has 1 aliphatic rings. The summed E-state index contributed by atoms with van der Waals surface area (Å²) in [6, 6.07) is 9.71. The fourth-order valence-corrected chi connectivity index (χ4v) is 4.03. The number of carbonyl (C=O) groups excluding carboxylic acids is 2. The highest BCUT2D eigenvalue weighted by Gasteiger charge is 2.29. The molecule has 0 saturated carbocycles. The van der Waals surface area contributed by atoms with Crippen LogP contribution in [-0.2, 0) is 20.9 Å². The van der Waals surface area contributed by atoms with Crippen LogP contribution in [0.1, 0.15) is 23.4 Å². The minimum atomic E-state index is -0.760. The van der Waals surface area contributed by atoms with Crippen LogP contribution in [0, 0.1) is 20.8 Å². The first-order valence-corrected chi connectivity index (χ1v) is 11.2. The predicted octanol–water partition coefficient (Wildman–Crippen LogP) is 3.11. The van der Waals surface area contributed by atoms with Crippen molar-refractivity contribution in [2.75, 3.05) is 25.0 Å². The Morgan fingerprint density at radius 1 is 1.27 bits per heavy atom. The minimum absolute atomic E-state index is 0.0543. The van der Waals surface area contributed by atoms with Crippen molar-refractivity contribution in [3.05, 3.63) is 52.3 Å². The van der Waals surface area contributed by atoms with Gasteiger partial charge in [-0.15, -0.1) is 0 Å². The number of ether oxygens (including phenoxy) is 1. The van der Waals surface area contributed by atoms with E-state index < -0.39 is 6.10 Å². The first-order valence-electron chi connectivity index (χ1n) is 10.8. The number of nitrogens with one attached hydrogen (secondary N) is 2. The molecule has 3 heterocycles. The molecular formula is C23H27ClN6O3. The first kappa shape index (κ1) is 23.0. The molecule has 33 heavy (non-hydrogen) atoms. The summed E-state index contributed by atoms with van der Waals surface area (Å²) in [7, 11) is 0. The van der Waals surface area contributed by atoms with Crippen LogP contribution < -0.4 is 5.32 Å². The summed E-state index contributed by atoms with van der Waals surface area (Å²) >= 11 is 6.18. The molecule has 10 heteroatoms. The van der Waals surface area contributed by atoms with E-state index in [-0.39, 0.29) is 24.8 Å². The molecule has 1 aliphatic heterocycles. The van der Waals surface area contributed by atoms with Crippen LogP contribution in [0.4, 0.5) is 5.82 Å². The van der Waals surface area contributed by atoms with Crippen LogP contribution in [-0.4, -0.2) is 62.5 Å². The maximum Gasteiger partial charge on any atom is 0.256 e. The van der Waals surface area contributed by atoms with E-state index in [0.717, 1.165) is 28.2 Å². The zero-order valence-electron chi connectivity index (χ0n) is 18.9. The number of nitrogens with zero attached hydrogens (tertiary/aromatic N) is 4. The molecule has 2 N–H and O–H groups in total. The first-order chi connectivity index (χ1) is 15.8. The minimum Gasteiger partial charge on any atom is -0.365 e. The maximum absolute atomic E-state index is 12.8. The highest BCUT2D eigenvalue weighted by molar-refractivity contribution is 6.31. The Kier molecular flexibility index (Phi) is 6.80. The third-order valence-electron chi connectivity index (χ3n) is 5.81. The zero-order chi connectivity index (χ0) is 23.5. The van der Waals surface area contributed by atoms with Crippen molar-refractivity contribution in [2.24, 2.45) is 0 Å². The lowest BCUT2D eigenvalue weighted by molar-refractivity contribution is -0.144. The lowest BCUT2D eigenvalue weighted by Gasteiger charge is -2.32. The van der Waals surface area contributed by atoms with Crippen molar-refractivity contribution in [1.82, 2.24) is 24.9 Å². The van der Waals surface area contributed by atoms with Crippen molar-refractivity contribution in [3.63, 3.8) is 0 Å². The van der Waals surface area contributed by atoms with Gasteiger partial charge in [0.25, 0.3) is 5.91 Å². The lowest BCUT2D eigenvalue weighted by atomic mass is 10.1. The van der Waals surface area contributed by atoms with Crippen LogP contribution in [0.5, 0.6) is 0 Å². The summed E-state index contributed by atoms with van der Waals surface area (Å²) in [5.74, 6) is 0.0220. The number of rotatable bonds is 6. The van der Waals surface area contributed by atoms with Gasteiger partial charge in [0.1, 0.15) is 0 Å². The summed E-state index contributed by atoms with van der Waals surface area (Å²) in [6.07, 6.45) is -0.490. The average Bonchev–Trinajstić information content (AvgIpc) is 3.37. The van der Waals surface area contributed by atoms with Gasteiger partial charge in [0.05, 0.1) is 41.8 Å². The Labute approximate surface area is 197 Å². The molecule has 4 rings (SSSR count). The van der Waals surface area contributed by atoms with E-state index in [1.54, 1.807) is 15.6 Å². The highest BCUT2D eigenvalue weighted by atomic mass is 35.5. The molecule has 2 amide bonds. The summed E-state index contributed by atoms with van der Waals surface area (Å²) in [4.78, 5) is 27.2. The molecule has 174 valence electrons. The Morgan fingerprint density at radius 2 is 2.06 bits per heavy atom. The molecule has 1 unspecified atom stereocenters. The average molecular weight is 471 g/mol. The number of aryl methyl sites for hydroxylation is 3. The molecule has 9 nitrogen and oxygen atoms in total. The summed E-state index contributed by atoms with van der Waals surface area (Å²) in [5.41, 5.74) is 4.51. The molecule has 0 bridgehead atoms. The van der Waals surface area contributed by atoms with Crippen LogP contribution in [0.25, 0.3) is 11.3 Å². The number of aromatic amines is 1. The van der Waals surface area contributed by atoms with Crippen LogP contribution >= 0.6 is 11.6 Å². The van der Waals surface area contributed by atoms with Crippen LogP contribution in [0.15, 0.2) is 30.3 Å². The topological polar surface area (TPSA) is 105 Å². The zero-order valence-corrected chi connectivity index (χ0v) is 19.6. The summed E-state index contributed by atoms with van der Waals surface area (Å²) in [5, 5.41) is 14.9.